The second kappa shape index (κ2) is 3.52. The van der Waals surface area contributed by atoms with E-state index in [1.54, 1.807) is 4.31 Å². The second-order valence-electron chi connectivity index (χ2n) is 3.99. The number of hydrogen-bond acceptors (Lipinski definition) is 3. The van der Waals surface area contributed by atoms with E-state index in [4.69, 9.17) is 5.26 Å². The first-order valence-electron chi connectivity index (χ1n) is 5.04. The van der Waals surface area contributed by atoms with Gasteiger partial charge in [0.1, 0.15) is 0 Å². The molecule has 5 heteroatoms. The lowest BCUT2D eigenvalue weighted by Gasteiger charge is -2.20. The Kier molecular flexibility index (Phi) is 2.50. The Bertz CT molecular complexity index is 349. The molecule has 0 saturated heterocycles. The van der Waals surface area contributed by atoms with Crippen molar-refractivity contribution >= 4 is 10.0 Å². The molecule has 0 N–H and O–H groups in total. The minimum atomic E-state index is -3.05. The predicted octanol–water partition coefficient (Wildman–Crippen LogP) is 0.857. The van der Waals surface area contributed by atoms with Gasteiger partial charge in [-0.1, -0.05) is 0 Å². The van der Waals surface area contributed by atoms with Gasteiger partial charge in [-0.05, 0) is 25.7 Å². The molecule has 0 unspecified atom stereocenters. The molecule has 0 aromatic carbocycles. The molecule has 0 bridgehead atoms. The summed E-state index contributed by atoms with van der Waals surface area (Å²) in [7, 11) is -3.05. The van der Waals surface area contributed by atoms with Gasteiger partial charge in [0, 0.05) is 19.0 Å². The molecule has 0 aliphatic heterocycles. The van der Waals surface area contributed by atoms with E-state index in [1.807, 2.05) is 6.07 Å². The number of hydrogen-bond donors (Lipinski definition) is 0. The lowest BCUT2D eigenvalue weighted by Crippen LogP contribution is -2.36. The first-order chi connectivity index (χ1) is 6.66. The first kappa shape index (κ1) is 9.94. The summed E-state index contributed by atoms with van der Waals surface area (Å²) in [6, 6.07) is 2.21. The van der Waals surface area contributed by atoms with Gasteiger partial charge >= 0.3 is 0 Å². The molecule has 0 aromatic rings. The van der Waals surface area contributed by atoms with Gasteiger partial charge in [0.15, 0.2) is 0 Å². The third kappa shape index (κ3) is 1.91. The molecule has 0 atom stereocenters. The lowest BCUT2D eigenvalue weighted by atomic mass is 10.4. The molecule has 0 radical (unpaired) electrons. The van der Waals surface area contributed by atoms with E-state index in [0.29, 0.717) is 13.0 Å². The normalized spacial score (nSPS) is 22.3. The van der Waals surface area contributed by atoms with Crippen LogP contribution in [0.3, 0.4) is 0 Å². The van der Waals surface area contributed by atoms with E-state index in [-0.39, 0.29) is 11.3 Å². The standard InChI is InChI=1S/C9H14N2O2S/c10-6-1-7-11(8-2-3-8)14(12,13)9-4-5-9/h8-9H,1-5,7H2. The largest absolute Gasteiger partial charge is 0.217 e. The summed E-state index contributed by atoms with van der Waals surface area (Å²) in [5.41, 5.74) is 0. The van der Waals surface area contributed by atoms with Gasteiger partial charge in [-0.3, -0.25) is 0 Å². The molecule has 2 rings (SSSR count). The maximum atomic E-state index is 11.9. The van der Waals surface area contributed by atoms with Crippen molar-refractivity contribution in [2.24, 2.45) is 0 Å². The fourth-order valence-electron chi connectivity index (χ4n) is 1.60. The predicted molar refractivity (Wildman–Crippen MR) is 51.9 cm³/mol. The van der Waals surface area contributed by atoms with Crippen LogP contribution in [0.5, 0.6) is 0 Å². The summed E-state index contributed by atoms with van der Waals surface area (Å²) < 4.78 is 25.4. The van der Waals surface area contributed by atoms with Gasteiger partial charge in [-0.15, -0.1) is 0 Å². The van der Waals surface area contributed by atoms with Crippen molar-refractivity contribution in [3.8, 4) is 6.07 Å². The van der Waals surface area contributed by atoms with Crippen molar-refractivity contribution < 1.29 is 8.42 Å². The molecule has 2 fully saturated rings. The maximum Gasteiger partial charge on any atom is 0.217 e. The quantitative estimate of drug-likeness (QED) is 0.681. The summed E-state index contributed by atoms with van der Waals surface area (Å²) in [5, 5.41) is 8.33. The first-order valence-corrected chi connectivity index (χ1v) is 6.54. The van der Waals surface area contributed by atoms with Crippen molar-refractivity contribution in [1.29, 1.82) is 5.26 Å². The third-order valence-corrected chi connectivity index (χ3v) is 5.12. The fourth-order valence-corrected chi connectivity index (χ4v) is 3.68. The summed E-state index contributed by atoms with van der Waals surface area (Å²) in [5.74, 6) is 0. The minimum absolute atomic E-state index is 0.137. The second-order valence-corrected chi connectivity index (χ2v) is 6.16. The zero-order chi connectivity index (χ0) is 10.2. The molecular formula is C9H14N2O2S. The van der Waals surface area contributed by atoms with E-state index in [1.165, 1.54) is 0 Å². The van der Waals surface area contributed by atoms with E-state index in [2.05, 4.69) is 0 Å². The molecule has 14 heavy (non-hydrogen) atoms. The molecule has 2 aliphatic rings. The van der Waals surface area contributed by atoms with E-state index < -0.39 is 10.0 Å². The molecule has 0 heterocycles. The van der Waals surface area contributed by atoms with Crippen LogP contribution in [0.25, 0.3) is 0 Å². The summed E-state index contributed by atoms with van der Waals surface area (Å²) in [6.45, 7) is 0.389. The number of nitriles is 1. The van der Waals surface area contributed by atoms with Gasteiger partial charge in [-0.2, -0.15) is 9.57 Å². The van der Waals surface area contributed by atoms with Crippen molar-refractivity contribution in [3.63, 3.8) is 0 Å². The van der Waals surface area contributed by atoms with Gasteiger partial charge in [0.25, 0.3) is 0 Å². The van der Waals surface area contributed by atoms with E-state index in [0.717, 1.165) is 25.7 Å². The maximum absolute atomic E-state index is 11.9. The van der Waals surface area contributed by atoms with Crippen molar-refractivity contribution in [2.45, 2.75) is 43.4 Å². The lowest BCUT2D eigenvalue weighted by molar-refractivity contribution is 0.410. The Balaban J connectivity index is 2.05. The Labute approximate surface area is 84.6 Å². The highest BCUT2D eigenvalue weighted by molar-refractivity contribution is 7.90. The van der Waals surface area contributed by atoms with Crippen molar-refractivity contribution in [2.75, 3.05) is 6.54 Å². The fraction of sp³-hybridized carbons (Fsp3) is 0.889. The van der Waals surface area contributed by atoms with E-state index in [9.17, 15) is 8.42 Å². The topological polar surface area (TPSA) is 61.2 Å². The molecular weight excluding hydrogens is 200 g/mol. The highest BCUT2D eigenvalue weighted by Gasteiger charge is 2.45. The zero-order valence-electron chi connectivity index (χ0n) is 8.02. The smallest absolute Gasteiger partial charge is 0.212 e. The Morgan fingerprint density at radius 1 is 1.29 bits per heavy atom. The summed E-state index contributed by atoms with van der Waals surface area (Å²) >= 11 is 0. The van der Waals surface area contributed by atoms with Crippen LogP contribution >= 0.6 is 0 Å². The minimum Gasteiger partial charge on any atom is -0.212 e. The van der Waals surface area contributed by atoms with Crippen LogP contribution in [-0.4, -0.2) is 30.6 Å². The average molecular weight is 214 g/mol. The number of rotatable bonds is 5. The van der Waals surface area contributed by atoms with E-state index >= 15 is 0 Å². The van der Waals surface area contributed by atoms with Gasteiger partial charge in [0.05, 0.1) is 11.3 Å². The van der Waals surface area contributed by atoms with Gasteiger partial charge in [-0.25, -0.2) is 8.42 Å². The molecule has 0 amide bonds. The van der Waals surface area contributed by atoms with Crippen LogP contribution in [0, 0.1) is 11.3 Å². The molecule has 2 saturated carbocycles. The van der Waals surface area contributed by atoms with Crippen LogP contribution in [0.15, 0.2) is 0 Å². The Morgan fingerprint density at radius 3 is 2.36 bits per heavy atom. The summed E-state index contributed by atoms with van der Waals surface area (Å²) in [4.78, 5) is 0. The SMILES string of the molecule is N#CCCN(C1CC1)S(=O)(=O)C1CC1. The molecule has 78 valence electrons. The third-order valence-electron chi connectivity index (χ3n) is 2.67. The van der Waals surface area contributed by atoms with Crippen LogP contribution in [0.2, 0.25) is 0 Å². The Morgan fingerprint density at radius 2 is 1.93 bits per heavy atom. The van der Waals surface area contributed by atoms with Crippen molar-refractivity contribution in [1.82, 2.24) is 4.31 Å². The van der Waals surface area contributed by atoms with Crippen LogP contribution in [0.4, 0.5) is 0 Å². The van der Waals surface area contributed by atoms with Gasteiger partial charge in [0.2, 0.25) is 10.0 Å². The Hall–Kier alpha value is -0.600. The average Bonchev–Trinajstić information content (AvgIpc) is 2.99. The van der Waals surface area contributed by atoms with Crippen LogP contribution < -0.4 is 0 Å². The monoisotopic (exact) mass is 214 g/mol. The molecule has 0 spiro atoms. The molecule has 0 aromatic heterocycles. The molecule has 4 nitrogen and oxygen atoms in total. The van der Waals surface area contributed by atoms with Crippen LogP contribution in [-0.2, 0) is 10.0 Å². The zero-order valence-corrected chi connectivity index (χ0v) is 8.83. The highest BCUT2D eigenvalue weighted by atomic mass is 32.2. The number of nitrogens with zero attached hydrogens (tertiary/aromatic N) is 2. The highest BCUT2D eigenvalue weighted by Crippen LogP contribution is 2.37. The number of sulfonamides is 1. The van der Waals surface area contributed by atoms with Crippen LogP contribution in [0.1, 0.15) is 32.1 Å². The summed E-state index contributed by atoms with van der Waals surface area (Å²) in [6.07, 6.45) is 3.85. The molecule has 2 aliphatic carbocycles. The van der Waals surface area contributed by atoms with Gasteiger partial charge < -0.3 is 0 Å². The van der Waals surface area contributed by atoms with Crippen molar-refractivity contribution in [3.05, 3.63) is 0 Å².